The fourth-order valence-corrected chi connectivity index (χ4v) is 4.65. The summed E-state index contributed by atoms with van der Waals surface area (Å²) in [7, 11) is 0. The number of anilines is 2. The summed E-state index contributed by atoms with van der Waals surface area (Å²) in [4.78, 5) is 27.2. The topological polar surface area (TPSA) is 70.7 Å². The molecule has 2 aromatic rings. The number of nitrogens with zero attached hydrogens (tertiary/aromatic N) is 1. The van der Waals surface area contributed by atoms with Crippen LogP contribution in [0.5, 0.6) is 0 Å². The molecule has 2 aliphatic rings. The van der Waals surface area contributed by atoms with Crippen molar-refractivity contribution in [1.29, 1.82) is 0 Å². The Morgan fingerprint density at radius 1 is 1.13 bits per heavy atom. The highest BCUT2D eigenvalue weighted by atomic mass is 32.2. The number of amides is 2. The summed E-state index contributed by atoms with van der Waals surface area (Å²) in [6, 6.07) is 15.8. The Labute approximate surface area is 181 Å². The monoisotopic (exact) mass is 425 g/mol. The van der Waals surface area contributed by atoms with Gasteiger partial charge in [-0.3, -0.25) is 14.5 Å². The van der Waals surface area contributed by atoms with Crippen molar-refractivity contribution in [2.45, 2.75) is 24.6 Å². The molecular formula is C23H27N3O3S. The molecule has 2 aliphatic heterocycles. The first-order valence-electron chi connectivity index (χ1n) is 10.4. The minimum absolute atomic E-state index is 0.0229. The summed E-state index contributed by atoms with van der Waals surface area (Å²) in [5, 5.41) is 5.69. The van der Waals surface area contributed by atoms with Gasteiger partial charge in [0.1, 0.15) is 0 Å². The molecule has 7 heteroatoms. The van der Waals surface area contributed by atoms with Crippen LogP contribution in [-0.2, 0) is 27.3 Å². The van der Waals surface area contributed by atoms with E-state index in [2.05, 4.69) is 15.5 Å². The molecule has 0 radical (unpaired) electrons. The van der Waals surface area contributed by atoms with Gasteiger partial charge in [0.2, 0.25) is 11.8 Å². The predicted molar refractivity (Wildman–Crippen MR) is 121 cm³/mol. The molecule has 1 fully saturated rings. The first-order chi connectivity index (χ1) is 14.7. The Hall–Kier alpha value is -2.35. The second kappa shape index (κ2) is 10.1. The van der Waals surface area contributed by atoms with E-state index in [0.717, 1.165) is 62.6 Å². The third kappa shape index (κ3) is 5.62. The standard InChI is InChI=1S/C23H27N3O3S/c27-22(16-30-21-10-7-18-3-1-2-4-20(18)25-23(21)28)24-19-8-5-17(6-9-19)15-26-11-13-29-14-12-26/h1-6,8-9,21H,7,10-16H2,(H,24,27)(H,25,28)/t21-/m1/s1. The Morgan fingerprint density at radius 2 is 1.90 bits per heavy atom. The first kappa shape index (κ1) is 20.9. The van der Waals surface area contributed by atoms with Gasteiger partial charge >= 0.3 is 0 Å². The zero-order valence-corrected chi connectivity index (χ0v) is 17.7. The van der Waals surface area contributed by atoms with Crippen molar-refractivity contribution in [1.82, 2.24) is 4.90 Å². The second-order valence-electron chi connectivity index (χ2n) is 7.62. The third-order valence-electron chi connectivity index (χ3n) is 5.41. The molecule has 2 heterocycles. The summed E-state index contributed by atoms with van der Waals surface area (Å²) in [5.41, 5.74) is 4.03. The molecule has 1 atom stereocenters. The van der Waals surface area contributed by atoms with Gasteiger partial charge in [-0.2, -0.15) is 0 Å². The van der Waals surface area contributed by atoms with E-state index in [1.165, 1.54) is 17.3 Å². The Bertz CT molecular complexity index is 882. The maximum absolute atomic E-state index is 12.5. The van der Waals surface area contributed by atoms with E-state index in [1.807, 2.05) is 48.5 Å². The number of thioether (sulfide) groups is 1. The number of para-hydroxylation sites is 1. The molecule has 4 rings (SSSR count). The molecule has 6 nitrogen and oxygen atoms in total. The SMILES string of the molecule is O=C(CS[C@@H]1CCc2ccccc2NC1=O)Nc1ccc(CN2CCOCC2)cc1. The number of nitrogens with one attached hydrogen (secondary N) is 2. The van der Waals surface area contributed by atoms with Crippen LogP contribution in [0, 0.1) is 0 Å². The van der Waals surface area contributed by atoms with Crippen molar-refractivity contribution in [3.05, 3.63) is 59.7 Å². The number of carbonyl (C=O) groups excluding carboxylic acids is 2. The van der Waals surface area contributed by atoms with Gasteiger partial charge in [-0.1, -0.05) is 30.3 Å². The van der Waals surface area contributed by atoms with Crippen molar-refractivity contribution in [2.75, 3.05) is 42.7 Å². The van der Waals surface area contributed by atoms with E-state index in [0.29, 0.717) is 0 Å². The van der Waals surface area contributed by atoms with Crippen molar-refractivity contribution >= 4 is 35.0 Å². The lowest BCUT2D eigenvalue weighted by molar-refractivity contribution is -0.115. The number of morpholine rings is 1. The smallest absolute Gasteiger partial charge is 0.237 e. The van der Waals surface area contributed by atoms with Crippen molar-refractivity contribution in [3.63, 3.8) is 0 Å². The zero-order valence-electron chi connectivity index (χ0n) is 16.9. The molecule has 30 heavy (non-hydrogen) atoms. The van der Waals surface area contributed by atoms with Crippen molar-refractivity contribution < 1.29 is 14.3 Å². The van der Waals surface area contributed by atoms with Gasteiger partial charge in [-0.05, 0) is 42.2 Å². The van der Waals surface area contributed by atoms with Crippen LogP contribution in [0.15, 0.2) is 48.5 Å². The summed E-state index contributed by atoms with van der Waals surface area (Å²) in [6.45, 7) is 4.38. The van der Waals surface area contributed by atoms with Crippen molar-refractivity contribution in [2.24, 2.45) is 0 Å². The van der Waals surface area contributed by atoms with Crippen LogP contribution < -0.4 is 10.6 Å². The zero-order chi connectivity index (χ0) is 20.8. The predicted octanol–water partition coefficient (Wildman–Crippen LogP) is 3.14. The summed E-state index contributed by atoms with van der Waals surface area (Å²) in [5.74, 6) is 0.143. The van der Waals surface area contributed by atoms with Gasteiger partial charge in [0.25, 0.3) is 0 Å². The number of benzene rings is 2. The maximum Gasteiger partial charge on any atom is 0.237 e. The molecule has 0 unspecified atom stereocenters. The number of carbonyl (C=O) groups is 2. The first-order valence-corrected chi connectivity index (χ1v) is 11.4. The lowest BCUT2D eigenvalue weighted by atomic mass is 10.1. The minimum atomic E-state index is -0.223. The Morgan fingerprint density at radius 3 is 2.70 bits per heavy atom. The highest BCUT2D eigenvalue weighted by molar-refractivity contribution is 8.01. The summed E-state index contributed by atoms with van der Waals surface area (Å²) >= 11 is 1.40. The second-order valence-corrected chi connectivity index (χ2v) is 8.81. The summed E-state index contributed by atoms with van der Waals surface area (Å²) < 4.78 is 5.38. The van der Waals surface area contributed by atoms with Crippen LogP contribution in [0.25, 0.3) is 0 Å². The molecule has 1 saturated heterocycles. The van der Waals surface area contributed by atoms with E-state index in [-0.39, 0.29) is 22.8 Å². The highest BCUT2D eigenvalue weighted by Crippen LogP contribution is 2.27. The number of aryl methyl sites for hydroxylation is 1. The average molecular weight is 426 g/mol. The fourth-order valence-electron chi connectivity index (χ4n) is 3.73. The van der Waals surface area contributed by atoms with Gasteiger partial charge < -0.3 is 15.4 Å². The summed E-state index contributed by atoms with van der Waals surface area (Å²) in [6.07, 6.45) is 1.57. The maximum atomic E-state index is 12.5. The van der Waals surface area contributed by atoms with Crippen LogP contribution in [0.3, 0.4) is 0 Å². The van der Waals surface area contributed by atoms with Gasteiger partial charge in [0, 0.05) is 31.0 Å². The molecule has 2 amide bonds. The molecule has 0 saturated carbocycles. The third-order valence-corrected chi connectivity index (χ3v) is 6.69. The Balaban J connectivity index is 1.24. The molecule has 2 N–H and O–H groups in total. The van der Waals surface area contributed by atoms with E-state index in [4.69, 9.17) is 4.74 Å². The largest absolute Gasteiger partial charge is 0.379 e. The number of hydrogen-bond donors (Lipinski definition) is 2. The molecule has 0 aliphatic carbocycles. The molecule has 158 valence electrons. The molecule has 0 bridgehead atoms. The van der Waals surface area contributed by atoms with Crippen molar-refractivity contribution in [3.8, 4) is 0 Å². The van der Waals surface area contributed by atoms with Crippen LogP contribution in [0.1, 0.15) is 17.5 Å². The van der Waals surface area contributed by atoms with E-state index in [9.17, 15) is 9.59 Å². The highest BCUT2D eigenvalue weighted by Gasteiger charge is 2.24. The molecular weight excluding hydrogens is 398 g/mol. The van der Waals surface area contributed by atoms with Gasteiger partial charge in [0.15, 0.2) is 0 Å². The van der Waals surface area contributed by atoms with Crippen LogP contribution in [0.2, 0.25) is 0 Å². The van der Waals surface area contributed by atoms with E-state index in [1.54, 1.807) is 0 Å². The number of rotatable bonds is 6. The van der Waals surface area contributed by atoms with Gasteiger partial charge in [0.05, 0.1) is 24.2 Å². The molecule has 0 spiro atoms. The molecule has 2 aromatic carbocycles. The number of hydrogen-bond acceptors (Lipinski definition) is 5. The van der Waals surface area contributed by atoms with Crippen LogP contribution in [0.4, 0.5) is 11.4 Å². The normalized spacial score (nSPS) is 19.5. The van der Waals surface area contributed by atoms with E-state index < -0.39 is 0 Å². The Kier molecular flexibility index (Phi) is 7.04. The number of fused-ring (bicyclic) bond motifs is 1. The minimum Gasteiger partial charge on any atom is -0.379 e. The van der Waals surface area contributed by atoms with Gasteiger partial charge in [-0.15, -0.1) is 11.8 Å². The van der Waals surface area contributed by atoms with E-state index >= 15 is 0 Å². The lowest BCUT2D eigenvalue weighted by Gasteiger charge is -2.26. The van der Waals surface area contributed by atoms with Crippen LogP contribution in [-0.4, -0.2) is 54.0 Å². The van der Waals surface area contributed by atoms with Gasteiger partial charge in [-0.25, -0.2) is 0 Å². The fraction of sp³-hybridized carbons (Fsp3) is 0.391. The molecule has 0 aromatic heterocycles. The average Bonchev–Trinajstić information content (AvgIpc) is 2.92. The van der Waals surface area contributed by atoms with Crippen LogP contribution >= 0.6 is 11.8 Å². The quantitative estimate of drug-likeness (QED) is 0.744. The number of ether oxygens (including phenoxy) is 1. The lowest BCUT2D eigenvalue weighted by Crippen LogP contribution is -2.35.